The molecule has 0 aliphatic heterocycles. The molecule has 0 saturated carbocycles. The van der Waals surface area contributed by atoms with E-state index in [-0.39, 0.29) is 12.1 Å². The van der Waals surface area contributed by atoms with Gasteiger partial charge in [-0.2, -0.15) is 5.26 Å². The summed E-state index contributed by atoms with van der Waals surface area (Å²) in [6, 6.07) is 17.1. The fourth-order valence-corrected chi connectivity index (χ4v) is 2.67. The highest BCUT2D eigenvalue weighted by Crippen LogP contribution is 2.30. The van der Waals surface area contributed by atoms with Gasteiger partial charge in [-0.25, -0.2) is 0 Å². The van der Waals surface area contributed by atoms with Crippen molar-refractivity contribution in [2.24, 2.45) is 0 Å². The van der Waals surface area contributed by atoms with Crippen LogP contribution in [-0.2, 0) is 11.3 Å². The number of nitrogens with one attached hydrogen (secondary N) is 1. The van der Waals surface area contributed by atoms with Crippen LogP contribution in [0.4, 0.5) is 0 Å². The smallest absolute Gasteiger partial charge is 0.262 e. The van der Waals surface area contributed by atoms with E-state index in [2.05, 4.69) is 5.32 Å². The van der Waals surface area contributed by atoms with Crippen LogP contribution in [0.1, 0.15) is 18.2 Å². The van der Waals surface area contributed by atoms with Crippen LogP contribution in [0.2, 0.25) is 0 Å². The molecule has 0 unspecified atom stereocenters. The van der Waals surface area contributed by atoms with Gasteiger partial charge < -0.3 is 14.5 Å². The van der Waals surface area contributed by atoms with Crippen molar-refractivity contribution >= 4 is 22.8 Å². The third-order valence-corrected chi connectivity index (χ3v) is 3.89. The van der Waals surface area contributed by atoms with E-state index in [4.69, 9.17) is 9.15 Å². The van der Waals surface area contributed by atoms with Crippen molar-refractivity contribution in [1.29, 1.82) is 5.26 Å². The molecule has 0 bridgehead atoms. The Hall–Kier alpha value is -3.52. The monoisotopic (exact) mass is 346 g/mol. The molecule has 1 heterocycles. The van der Waals surface area contributed by atoms with Crippen LogP contribution >= 0.6 is 0 Å². The first kappa shape index (κ1) is 17.3. The minimum Gasteiger partial charge on any atom is -0.493 e. The van der Waals surface area contributed by atoms with E-state index in [0.29, 0.717) is 18.1 Å². The molecule has 0 aliphatic rings. The summed E-state index contributed by atoms with van der Waals surface area (Å²) >= 11 is 0. The first-order valence-corrected chi connectivity index (χ1v) is 8.30. The van der Waals surface area contributed by atoms with Crippen LogP contribution in [0.25, 0.3) is 16.8 Å². The standard InChI is InChI=1S/C21H18N2O3/c1-2-25-20-10-9-15-6-3-4-8-18(15)19(20)12-16(13-22)21(24)23-14-17-7-5-11-26-17/h3-12H,2,14H2,1H3,(H,23,24). The number of ether oxygens (including phenoxy) is 1. The maximum Gasteiger partial charge on any atom is 0.262 e. The minimum atomic E-state index is -0.459. The molecular weight excluding hydrogens is 328 g/mol. The van der Waals surface area contributed by atoms with Gasteiger partial charge in [-0.05, 0) is 42.0 Å². The first-order valence-electron chi connectivity index (χ1n) is 8.30. The summed E-state index contributed by atoms with van der Waals surface area (Å²) in [5.74, 6) is 0.799. The van der Waals surface area contributed by atoms with Gasteiger partial charge in [0.05, 0.1) is 19.4 Å². The number of furan rings is 1. The topological polar surface area (TPSA) is 75.3 Å². The number of nitrogens with zero attached hydrogens (tertiary/aromatic N) is 1. The molecule has 5 heteroatoms. The average molecular weight is 346 g/mol. The zero-order valence-corrected chi connectivity index (χ0v) is 14.4. The van der Waals surface area contributed by atoms with Gasteiger partial charge in [0, 0.05) is 5.56 Å². The molecule has 2 aromatic carbocycles. The van der Waals surface area contributed by atoms with Gasteiger partial charge >= 0.3 is 0 Å². The van der Waals surface area contributed by atoms with Crippen molar-refractivity contribution in [2.75, 3.05) is 6.61 Å². The maximum absolute atomic E-state index is 12.4. The summed E-state index contributed by atoms with van der Waals surface area (Å²) in [5.41, 5.74) is 0.725. The summed E-state index contributed by atoms with van der Waals surface area (Å²) in [7, 11) is 0. The Morgan fingerprint density at radius 3 is 2.81 bits per heavy atom. The van der Waals surface area contributed by atoms with Crippen molar-refractivity contribution in [1.82, 2.24) is 5.32 Å². The predicted molar refractivity (Wildman–Crippen MR) is 99.3 cm³/mol. The molecule has 3 rings (SSSR count). The Balaban J connectivity index is 1.96. The average Bonchev–Trinajstić information content (AvgIpc) is 3.19. The quantitative estimate of drug-likeness (QED) is 0.539. The molecule has 0 atom stereocenters. The number of rotatable bonds is 6. The first-order chi connectivity index (χ1) is 12.7. The minimum absolute atomic E-state index is 0.00821. The van der Waals surface area contributed by atoms with Crippen LogP contribution < -0.4 is 10.1 Å². The number of nitriles is 1. The number of amides is 1. The van der Waals surface area contributed by atoms with Crippen molar-refractivity contribution in [3.63, 3.8) is 0 Å². The van der Waals surface area contributed by atoms with Gasteiger partial charge in [0.2, 0.25) is 0 Å². The van der Waals surface area contributed by atoms with Crippen molar-refractivity contribution in [2.45, 2.75) is 13.5 Å². The van der Waals surface area contributed by atoms with Gasteiger partial charge in [0.15, 0.2) is 0 Å². The highest BCUT2D eigenvalue weighted by atomic mass is 16.5. The number of hydrogen-bond acceptors (Lipinski definition) is 4. The molecule has 0 spiro atoms. The highest BCUT2D eigenvalue weighted by molar-refractivity contribution is 6.04. The second-order valence-electron chi connectivity index (χ2n) is 5.56. The van der Waals surface area contributed by atoms with Gasteiger partial charge in [0.25, 0.3) is 5.91 Å². The second kappa shape index (κ2) is 8.04. The number of benzene rings is 2. The fourth-order valence-electron chi connectivity index (χ4n) is 2.67. The zero-order chi connectivity index (χ0) is 18.4. The van der Waals surface area contributed by atoms with Crippen molar-refractivity contribution in [3.8, 4) is 11.8 Å². The summed E-state index contributed by atoms with van der Waals surface area (Å²) in [6.45, 7) is 2.61. The predicted octanol–water partition coefficient (Wildman–Crippen LogP) is 4.05. The van der Waals surface area contributed by atoms with Crippen LogP contribution in [0.5, 0.6) is 5.75 Å². The Labute approximate surface area is 151 Å². The Bertz CT molecular complexity index is 982. The second-order valence-corrected chi connectivity index (χ2v) is 5.56. The molecule has 0 saturated heterocycles. The molecule has 3 aromatic rings. The third-order valence-electron chi connectivity index (χ3n) is 3.89. The van der Waals surface area contributed by atoms with E-state index < -0.39 is 5.91 Å². The Morgan fingerprint density at radius 2 is 2.08 bits per heavy atom. The van der Waals surface area contributed by atoms with Crippen LogP contribution in [0.15, 0.2) is 64.8 Å². The van der Waals surface area contributed by atoms with E-state index in [1.54, 1.807) is 18.2 Å². The maximum atomic E-state index is 12.4. The number of hydrogen-bond donors (Lipinski definition) is 1. The summed E-state index contributed by atoms with van der Waals surface area (Å²) in [5, 5.41) is 14.1. The number of carbonyl (C=O) groups is 1. The highest BCUT2D eigenvalue weighted by Gasteiger charge is 2.13. The molecule has 1 aromatic heterocycles. The molecule has 26 heavy (non-hydrogen) atoms. The lowest BCUT2D eigenvalue weighted by molar-refractivity contribution is -0.117. The lowest BCUT2D eigenvalue weighted by Crippen LogP contribution is -2.23. The van der Waals surface area contributed by atoms with Crippen molar-refractivity contribution < 1.29 is 13.9 Å². The van der Waals surface area contributed by atoms with Crippen molar-refractivity contribution in [3.05, 3.63) is 71.7 Å². The fraction of sp³-hybridized carbons (Fsp3) is 0.143. The molecule has 1 amide bonds. The van der Waals surface area contributed by atoms with E-state index in [1.165, 1.54) is 6.26 Å². The lowest BCUT2D eigenvalue weighted by Gasteiger charge is -2.11. The van der Waals surface area contributed by atoms with E-state index in [0.717, 1.165) is 16.3 Å². The SMILES string of the molecule is CCOc1ccc2ccccc2c1C=C(C#N)C(=O)NCc1ccco1. The van der Waals surface area contributed by atoms with Crippen LogP contribution in [-0.4, -0.2) is 12.5 Å². The van der Waals surface area contributed by atoms with E-state index in [1.807, 2.05) is 49.4 Å². The summed E-state index contributed by atoms with van der Waals surface area (Å²) in [4.78, 5) is 12.4. The van der Waals surface area contributed by atoms with E-state index in [9.17, 15) is 10.1 Å². The third kappa shape index (κ3) is 3.76. The largest absolute Gasteiger partial charge is 0.493 e. The number of fused-ring (bicyclic) bond motifs is 1. The molecule has 0 fully saturated rings. The summed E-state index contributed by atoms with van der Waals surface area (Å²) < 4.78 is 10.9. The normalized spacial score (nSPS) is 11.2. The molecule has 0 aliphatic carbocycles. The Kier molecular flexibility index (Phi) is 5.35. The zero-order valence-electron chi connectivity index (χ0n) is 14.4. The number of carbonyl (C=O) groups excluding carboxylic acids is 1. The van der Waals surface area contributed by atoms with Gasteiger partial charge in [-0.3, -0.25) is 4.79 Å². The van der Waals surface area contributed by atoms with Gasteiger partial charge in [0.1, 0.15) is 23.2 Å². The lowest BCUT2D eigenvalue weighted by atomic mass is 10.0. The molecule has 5 nitrogen and oxygen atoms in total. The molecular formula is C21H18N2O3. The van der Waals surface area contributed by atoms with Crippen LogP contribution in [0.3, 0.4) is 0 Å². The molecule has 130 valence electrons. The van der Waals surface area contributed by atoms with Crippen LogP contribution in [0, 0.1) is 11.3 Å². The molecule has 1 N–H and O–H groups in total. The van der Waals surface area contributed by atoms with Gasteiger partial charge in [-0.1, -0.05) is 30.3 Å². The summed E-state index contributed by atoms with van der Waals surface area (Å²) in [6.07, 6.45) is 3.11. The Morgan fingerprint density at radius 1 is 1.23 bits per heavy atom. The van der Waals surface area contributed by atoms with Gasteiger partial charge in [-0.15, -0.1) is 0 Å². The van der Waals surface area contributed by atoms with E-state index >= 15 is 0 Å². The molecule has 0 radical (unpaired) electrons.